The van der Waals surface area contributed by atoms with Crippen molar-refractivity contribution < 1.29 is 4.57 Å². The molecule has 3 heteroatoms. The van der Waals surface area contributed by atoms with Crippen LogP contribution in [0.3, 0.4) is 0 Å². The summed E-state index contributed by atoms with van der Waals surface area (Å²) in [6.45, 7) is 2.14. The van der Waals surface area contributed by atoms with Gasteiger partial charge in [0.1, 0.15) is 0 Å². The predicted molar refractivity (Wildman–Crippen MR) is 223 cm³/mol. The molecule has 1 aromatic heterocycles. The quantitative estimate of drug-likeness (QED) is 0.131. The number of nitrogens with zero attached hydrogens (tertiary/aromatic N) is 1. The maximum Gasteiger partial charge on any atom is 0.171 e. The summed E-state index contributed by atoms with van der Waals surface area (Å²) in [4.78, 5) is 0. The summed E-state index contributed by atoms with van der Waals surface area (Å²) in [5, 5.41) is 12.6. The highest BCUT2D eigenvalue weighted by molar-refractivity contribution is 7.85. The van der Waals surface area contributed by atoms with Crippen LogP contribution < -0.4 is 15.9 Å². The average Bonchev–Trinajstić information content (AvgIpc) is 3.53. The number of fused-ring (bicyclic) bond motifs is 9. The van der Waals surface area contributed by atoms with Gasteiger partial charge in [0.25, 0.3) is 0 Å². The van der Waals surface area contributed by atoms with Gasteiger partial charge in [-0.05, 0) is 92.3 Å². The number of rotatable bonds is 5. The number of aryl methyl sites for hydroxylation is 1. The summed E-state index contributed by atoms with van der Waals surface area (Å²) in [5.74, 6) is 0. The van der Waals surface area contributed by atoms with Crippen LogP contribution in [-0.2, 0) is 4.57 Å². The molecule has 9 aromatic carbocycles. The Balaban J connectivity index is 1.21. The topological polar surface area (TPSA) is 22.0 Å². The SMILES string of the molecule is Cc1cc(P(=O)(c2ccccc2)c2ccccc2)ccc1-c1ccc2c3cc4c5ccccc5c5ccccc5c4cc3n(-c3ccccc3)c2c1. The summed E-state index contributed by atoms with van der Waals surface area (Å²) in [5.41, 5.74) is 6.82. The molecule has 0 saturated heterocycles. The molecule has 2 nitrogen and oxygen atoms in total. The molecule has 246 valence electrons. The van der Waals surface area contributed by atoms with Gasteiger partial charge < -0.3 is 9.13 Å². The van der Waals surface area contributed by atoms with Crippen molar-refractivity contribution in [2.24, 2.45) is 0 Å². The second kappa shape index (κ2) is 11.9. The van der Waals surface area contributed by atoms with Crippen LogP contribution in [0.5, 0.6) is 0 Å². The smallest absolute Gasteiger partial charge is 0.171 e. The van der Waals surface area contributed by atoms with Gasteiger partial charge in [-0.1, -0.05) is 152 Å². The normalized spacial score (nSPS) is 12.0. The van der Waals surface area contributed by atoms with Crippen molar-refractivity contribution in [2.45, 2.75) is 6.92 Å². The maximum atomic E-state index is 15.2. The van der Waals surface area contributed by atoms with Gasteiger partial charge in [0.15, 0.2) is 7.14 Å². The molecule has 0 aliphatic rings. The number of para-hydroxylation sites is 1. The lowest BCUT2D eigenvalue weighted by Crippen LogP contribution is -2.25. The molecule has 0 atom stereocenters. The first-order valence-corrected chi connectivity index (χ1v) is 19.5. The van der Waals surface area contributed by atoms with Crippen LogP contribution in [0.15, 0.2) is 188 Å². The molecule has 10 aromatic rings. The van der Waals surface area contributed by atoms with E-state index in [2.05, 4.69) is 139 Å². The highest BCUT2D eigenvalue weighted by atomic mass is 31.2. The summed E-state index contributed by atoms with van der Waals surface area (Å²) in [6.07, 6.45) is 0. The van der Waals surface area contributed by atoms with Gasteiger partial charge in [-0.15, -0.1) is 0 Å². The second-order valence-corrected chi connectivity index (χ2v) is 16.5. The summed E-state index contributed by atoms with van der Waals surface area (Å²) < 4.78 is 17.6. The first-order chi connectivity index (χ1) is 25.6. The first kappa shape index (κ1) is 30.6. The molecule has 0 amide bonds. The van der Waals surface area contributed by atoms with Crippen LogP contribution in [0.4, 0.5) is 0 Å². The largest absolute Gasteiger partial charge is 0.309 e. The molecule has 0 radical (unpaired) electrons. The van der Waals surface area contributed by atoms with Crippen molar-refractivity contribution in [3.63, 3.8) is 0 Å². The Morgan fingerprint density at radius 3 is 1.46 bits per heavy atom. The van der Waals surface area contributed by atoms with Crippen LogP contribution in [-0.4, -0.2) is 4.57 Å². The van der Waals surface area contributed by atoms with Gasteiger partial charge in [-0.25, -0.2) is 0 Å². The minimum atomic E-state index is -3.08. The summed E-state index contributed by atoms with van der Waals surface area (Å²) >= 11 is 0. The fourth-order valence-electron chi connectivity index (χ4n) is 8.33. The van der Waals surface area contributed by atoms with E-state index in [4.69, 9.17) is 0 Å². The monoisotopic (exact) mass is 683 g/mol. The predicted octanol–water partition coefficient (Wildman–Crippen LogP) is 11.9. The van der Waals surface area contributed by atoms with Crippen LogP contribution in [0.1, 0.15) is 5.56 Å². The van der Waals surface area contributed by atoms with Crippen molar-refractivity contribution in [1.29, 1.82) is 0 Å². The molecule has 52 heavy (non-hydrogen) atoms. The molecular formula is C49H34NOP. The fraction of sp³-hybridized carbons (Fsp3) is 0.0204. The van der Waals surface area contributed by atoms with Crippen molar-refractivity contribution in [3.8, 4) is 16.8 Å². The van der Waals surface area contributed by atoms with E-state index in [-0.39, 0.29) is 0 Å². The number of benzene rings is 9. The van der Waals surface area contributed by atoms with Gasteiger partial charge in [0.2, 0.25) is 0 Å². The van der Waals surface area contributed by atoms with Gasteiger partial charge in [0, 0.05) is 32.4 Å². The van der Waals surface area contributed by atoms with Gasteiger partial charge in [0.05, 0.1) is 11.0 Å². The minimum absolute atomic E-state index is 0.843. The van der Waals surface area contributed by atoms with Crippen LogP contribution in [0.2, 0.25) is 0 Å². The van der Waals surface area contributed by atoms with Crippen LogP contribution in [0, 0.1) is 6.92 Å². The van der Waals surface area contributed by atoms with E-state index in [1.54, 1.807) is 0 Å². The Kier molecular flexibility index (Phi) is 7.03. The zero-order valence-corrected chi connectivity index (χ0v) is 29.6. The van der Waals surface area contributed by atoms with E-state index in [0.717, 1.165) is 43.8 Å². The molecule has 0 saturated carbocycles. The number of aromatic nitrogens is 1. The van der Waals surface area contributed by atoms with E-state index < -0.39 is 7.14 Å². The molecule has 0 unspecified atom stereocenters. The average molecular weight is 684 g/mol. The lowest BCUT2D eigenvalue weighted by Gasteiger charge is -2.21. The van der Waals surface area contributed by atoms with Crippen LogP contribution >= 0.6 is 7.14 Å². The molecule has 0 N–H and O–H groups in total. The molecule has 0 aliphatic heterocycles. The molecule has 0 aliphatic carbocycles. The van der Waals surface area contributed by atoms with Crippen molar-refractivity contribution in [3.05, 3.63) is 194 Å². The van der Waals surface area contributed by atoms with Crippen molar-refractivity contribution in [2.75, 3.05) is 0 Å². The van der Waals surface area contributed by atoms with Crippen molar-refractivity contribution in [1.82, 2.24) is 4.57 Å². The Hall–Kier alpha value is -6.21. The molecule has 0 fully saturated rings. The van der Waals surface area contributed by atoms with Crippen molar-refractivity contribution >= 4 is 77.2 Å². The van der Waals surface area contributed by atoms with E-state index in [1.807, 2.05) is 60.7 Å². The van der Waals surface area contributed by atoms with Gasteiger partial charge >= 0.3 is 0 Å². The second-order valence-electron chi connectivity index (χ2n) is 13.7. The highest BCUT2D eigenvalue weighted by Gasteiger charge is 2.30. The lowest BCUT2D eigenvalue weighted by atomic mass is 9.93. The number of hydrogen-bond acceptors (Lipinski definition) is 1. The summed E-state index contributed by atoms with van der Waals surface area (Å²) in [6, 6.07) is 66.1. The van der Waals surface area contributed by atoms with Crippen LogP contribution in [0.25, 0.3) is 70.9 Å². The Labute approximate surface area is 302 Å². The van der Waals surface area contributed by atoms with Gasteiger partial charge in [-0.2, -0.15) is 0 Å². The van der Waals surface area contributed by atoms with E-state index >= 15 is 4.57 Å². The van der Waals surface area contributed by atoms with E-state index in [0.29, 0.717) is 0 Å². The Morgan fingerprint density at radius 1 is 0.385 bits per heavy atom. The molecular weight excluding hydrogens is 650 g/mol. The molecule has 0 spiro atoms. The Morgan fingerprint density at radius 2 is 0.885 bits per heavy atom. The zero-order chi connectivity index (χ0) is 34.8. The molecule has 0 bridgehead atoms. The highest BCUT2D eigenvalue weighted by Crippen LogP contribution is 2.44. The number of hydrogen-bond donors (Lipinski definition) is 0. The minimum Gasteiger partial charge on any atom is -0.309 e. The maximum absolute atomic E-state index is 15.2. The third-order valence-electron chi connectivity index (χ3n) is 10.8. The summed E-state index contributed by atoms with van der Waals surface area (Å²) in [7, 11) is -3.08. The Bertz CT molecular complexity index is 2990. The third-order valence-corrected chi connectivity index (χ3v) is 13.8. The third kappa shape index (κ3) is 4.62. The first-order valence-electron chi connectivity index (χ1n) is 17.8. The lowest BCUT2D eigenvalue weighted by molar-refractivity contribution is 0.592. The molecule has 10 rings (SSSR count). The fourth-order valence-corrected chi connectivity index (χ4v) is 11.1. The van der Waals surface area contributed by atoms with Gasteiger partial charge in [-0.3, -0.25) is 0 Å². The zero-order valence-electron chi connectivity index (χ0n) is 28.7. The standard InChI is InChI=1S/C49H34NOP/c1-33-29-38(52(51,36-17-7-3-8-18-36)37-19-9-4-10-20-37)26-28-39(33)34-25-27-44-47-31-45-42-23-13-11-21-40(42)41-22-12-14-24-43(41)46(45)32-49(47)50(48(44)30-34)35-15-5-2-6-16-35/h2-32H,1H3. The van der Waals surface area contributed by atoms with E-state index in [9.17, 15) is 0 Å². The molecule has 1 heterocycles. The van der Waals surface area contributed by atoms with E-state index in [1.165, 1.54) is 48.6 Å².